The SMILES string of the molecule is Cc1cc(C2=CCNCC2)ccc1C(=O)Nc1cc(F)c(C2=CCNCC2)c(-c2cnn(/C(=N\C(=O)OC(C)(C)C)NC(=O)OC(C)(C)C)c2)c1. The lowest BCUT2D eigenvalue weighted by atomic mass is 9.91. The Labute approximate surface area is 297 Å². The number of aryl methyl sites for hydroxylation is 1. The van der Waals surface area contributed by atoms with E-state index in [4.69, 9.17) is 9.47 Å². The lowest BCUT2D eigenvalue weighted by Crippen LogP contribution is -2.40. The van der Waals surface area contributed by atoms with E-state index >= 15 is 4.39 Å². The van der Waals surface area contributed by atoms with Gasteiger partial charge < -0.3 is 25.4 Å². The summed E-state index contributed by atoms with van der Waals surface area (Å²) in [7, 11) is 0. The molecule has 51 heavy (non-hydrogen) atoms. The molecule has 0 unspecified atom stereocenters. The van der Waals surface area contributed by atoms with Gasteiger partial charge in [-0.25, -0.2) is 18.7 Å². The van der Waals surface area contributed by atoms with Crippen LogP contribution in [0.3, 0.4) is 0 Å². The molecule has 1 aromatic heterocycles. The summed E-state index contributed by atoms with van der Waals surface area (Å²) in [6, 6.07) is 8.74. The first-order chi connectivity index (χ1) is 24.1. The molecule has 0 fully saturated rings. The van der Waals surface area contributed by atoms with E-state index < -0.39 is 29.2 Å². The highest BCUT2D eigenvalue weighted by Gasteiger charge is 2.24. The van der Waals surface area contributed by atoms with Gasteiger partial charge in [-0.1, -0.05) is 24.3 Å². The van der Waals surface area contributed by atoms with Gasteiger partial charge in [0.05, 0.1) is 6.20 Å². The predicted molar refractivity (Wildman–Crippen MR) is 196 cm³/mol. The molecular weight excluding hydrogens is 653 g/mol. The number of amides is 3. The maximum atomic E-state index is 16.2. The first-order valence-corrected chi connectivity index (χ1v) is 17.0. The second-order valence-corrected chi connectivity index (χ2v) is 14.4. The van der Waals surface area contributed by atoms with Gasteiger partial charge in [-0.05, 0) is 120 Å². The molecule has 3 amide bonds. The van der Waals surface area contributed by atoms with E-state index in [9.17, 15) is 14.4 Å². The van der Waals surface area contributed by atoms with Crippen molar-refractivity contribution in [1.82, 2.24) is 25.7 Å². The summed E-state index contributed by atoms with van der Waals surface area (Å²) >= 11 is 0. The van der Waals surface area contributed by atoms with Gasteiger partial charge in [-0.2, -0.15) is 5.10 Å². The number of alkyl carbamates (subject to hydrolysis) is 1. The molecular formula is C38H46FN7O5. The van der Waals surface area contributed by atoms with E-state index in [1.54, 1.807) is 53.7 Å². The molecule has 0 radical (unpaired) electrons. The Morgan fingerprint density at radius 1 is 0.902 bits per heavy atom. The van der Waals surface area contributed by atoms with E-state index in [0.717, 1.165) is 36.2 Å². The van der Waals surface area contributed by atoms with E-state index in [2.05, 4.69) is 37.4 Å². The summed E-state index contributed by atoms with van der Waals surface area (Å²) in [4.78, 5) is 43.0. The number of aliphatic imine (C=N–C) groups is 1. The van der Waals surface area contributed by atoms with Gasteiger partial charge in [-0.15, -0.1) is 4.99 Å². The van der Waals surface area contributed by atoms with Crippen LogP contribution >= 0.6 is 0 Å². The van der Waals surface area contributed by atoms with E-state index in [1.165, 1.54) is 28.7 Å². The number of nitrogens with one attached hydrogen (secondary N) is 4. The van der Waals surface area contributed by atoms with Gasteiger partial charge in [0.25, 0.3) is 5.91 Å². The van der Waals surface area contributed by atoms with Crippen LogP contribution in [-0.2, 0) is 9.47 Å². The monoisotopic (exact) mass is 699 g/mol. The number of hydrogen-bond acceptors (Lipinski definition) is 8. The third-order valence-electron chi connectivity index (χ3n) is 7.95. The van der Waals surface area contributed by atoms with Gasteiger partial charge in [0.1, 0.15) is 17.0 Å². The molecule has 0 atom stereocenters. The fourth-order valence-corrected chi connectivity index (χ4v) is 5.76. The second-order valence-electron chi connectivity index (χ2n) is 14.4. The number of ether oxygens (including phenoxy) is 2. The minimum Gasteiger partial charge on any atom is -0.444 e. The molecule has 0 aliphatic carbocycles. The summed E-state index contributed by atoms with van der Waals surface area (Å²) in [5, 5.41) is 16.3. The highest BCUT2D eigenvalue weighted by molar-refractivity contribution is 6.06. The standard InChI is InChI=1S/C38H46FN7O5/c1-23-18-26(24-10-14-40-15-11-24)8-9-29(23)33(47)43-28-19-30(32(31(39)20-28)25-12-16-41-17-13-25)27-21-42-46(22-27)34(44-35(48)50-37(2,3)4)45-36(49)51-38(5,6)7/h8-10,12,18-22,40-41H,11,13-17H2,1-7H3,(H,43,47)(H,44,45,48,49). The summed E-state index contributed by atoms with van der Waals surface area (Å²) in [5.74, 6) is -1.18. The predicted octanol–water partition coefficient (Wildman–Crippen LogP) is 6.67. The number of carbonyl (C=O) groups is 3. The third kappa shape index (κ3) is 9.98. The lowest BCUT2D eigenvalue weighted by Gasteiger charge is -2.20. The number of halogens is 1. The second kappa shape index (κ2) is 15.4. The molecule has 0 bridgehead atoms. The molecule has 12 nitrogen and oxygen atoms in total. The molecule has 4 N–H and O–H groups in total. The number of rotatable bonds is 5. The molecule has 0 spiro atoms. The Bertz CT molecular complexity index is 1910. The summed E-state index contributed by atoms with van der Waals surface area (Å²) < 4.78 is 28.1. The van der Waals surface area contributed by atoms with Crippen LogP contribution in [0.2, 0.25) is 0 Å². The molecule has 2 aliphatic rings. The molecule has 13 heteroatoms. The van der Waals surface area contributed by atoms with Crippen LogP contribution in [0.1, 0.15) is 81.4 Å². The smallest absolute Gasteiger partial charge is 0.437 e. The molecule has 3 aromatic rings. The van der Waals surface area contributed by atoms with Gasteiger partial charge in [0.2, 0.25) is 5.96 Å². The highest BCUT2D eigenvalue weighted by atomic mass is 19.1. The maximum Gasteiger partial charge on any atom is 0.437 e. The summed E-state index contributed by atoms with van der Waals surface area (Å²) in [6.45, 7) is 15.0. The van der Waals surface area contributed by atoms with E-state index in [1.807, 2.05) is 25.1 Å². The topological polar surface area (TPSA) is 148 Å². The van der Waals surface area contributed by atoms with Crippen LogP contribution in [0, 0.1) is 12.7 Å². The first kappa shape index (κ1) is 37.1. The average Bonchev–Trinajstić information content (AvgIpc) is 3.54. The first-order valence-electron chi connectivity index (χ1n) is 17.0. The van der Waals surface area contributed by atoms with Crippen molar-refractivity contribution >= 4 is 40.9 Å². The highest BCUT2D eigenvalue weighted by Crippen LogP contribution is 2.36. The fourth-order valence-electron chi connectivity index (χ4n) is 5.76. The number of hydrogen-bond donors (Lipinski definition) is 4. The van der Waals surface area contributed by atoms with Crippen LogP contribution in [0.5, 0.6) is 0 Å². The Balaban J connectivity index is 1.51. The van der Waals surface area contributed by atoms with Crippen molar-refractivity contribution in [2.45, 2.75) is 72.5 Å². The number of anilines is 1. The van der Waals surface area contributed by atoms with Gasteiger partial charge in [0, 0.05) is 41.7 Å². The summed E-state index contributed by atoms with van der Waals surface area (Å²) in [6.07, 6.45) is 6.71. The molecule has 2 aromatic carbocycles. The lowest BCUT2D eigenvalue weighted by molar-refractivity contribution is 0.0560. The largest absolute Gasteiger partial charge is 0.444 e. The van der Waals surface area contributed by atoms with Gasteiger partial charge in [0.15, 0.2) is 0 Å². The van der Waals surface area contributed by atoms with Crippen molar-refractivity contribution in [3.05, 3.63) is 82.9 Å². The third-order valence-corrected chi connectivity index (χ3v) is 7.95. The van der Waals surface area contributed by atoms with Crippen molar-refractivity contribution < 1.29 is 28.2 Å². The van der Waals surface area contributed by atoms with Crippen LogP contribution in [0.15, 0.2) is 59.9 Å². The van der Waals surface area contributed by atoms with E-state index in [0.29, 0.717) is 41.8 Å². The Hall–Kier alpha value is -5.14. The van der Waals surface area contributed by atoms with Crippen LogP contribution < -0.4 is 21.3 Å². The number of carbonyl (C=O) groups excluding carboxylic acids is 3. The van der Waals surface area contributed by atoms with Crippen molar-refractivity contribution in [3.8, 4) is 11.1 Å². The molecule has 2 aliphatic heterocycles. The summed E-state index contributed by atoms with van der Waals surface area (Å²) in [5.41, 5.74) is 4.20. The van der Waals surface area contributed by atoms with Crippen LogP contribution in [0.25, 0.3) is 22.3 Å². The molecule has 5 rings (SSSR count). The molecule has 270 valence electrons. The number of nitrogens with zero attached hydrogens (tertiary/aromatic N) is 3. The minimum atomic E-state index is -0.960. The number of aromatic nitrogens is 2. The van der Waals surface area contributed by atoms with Crippen molar-refractivity contribution in [3.63, 3.8) is 0 Å². The maximum absolute atomic E-state index is 16.2. The fraction of sp³-hybridized carbons (Fsp3) is 0.395. The van der Waals surface area contributed by atoms with Gasteiger partial charge >= 0.3 is 12.2 Å². The van der Waals surface area contributed by atoms with Crippen molar-refractivity contribution in [2.24, 2.45) is 4.99 Å². The Kier molecular flexibility index (Phi) is 11.2. The average molecular weight is 700 g/mol. The Morgan fingerprint density at radius 3 is 2.18 bits per heavy atom. The normalized spacial score (nSPS) is 15.4. The zero-order valence-electron chi connectivity index (χ0n) is 30.2. The zero-order chi connectivity index (χ0) is 36.9. The molecule has 0 saturated heterocycles. The van der Waals surface area contributed by atoms with Crippen molar-refractivity contribution in [1.29, 1.82) is 0 Å². The van der Waals surface area contributed by atoms with Gasteiger partial charge in [-0.3, -0.25) is 10.1 Å². The van der Waals surface area contributed by atoms with Crippen LogP contribution in [-0.4, -0.2) is 71.2 Å². The quantitative estimate of drug-likeness (QED) is 0.171. The number of benzene rings is 2. The molecule has 0 saturated carbocycles. The van der Waals surface area contributed by atoms with Crippen molar-refractivity contribution in [2.75, 3.05) is 31.5 Å². The van der Waals surface area contributed by atoms with E-state index in [-0.39, 0.29) is 17.6 Å². The molecule has 3 heterocycles. The van der Waals surface area contributed by atoms with Crippen LogP contribution in [0.4, 0.5) is 19.7 Å². The zero-order valence-corrected chi connectivity index (χ0v) is 30.2. The Morgan fingerprint density at radius 2 is 1.57 bits per heavy atom. The minimum absolute atomic E-state index is 0.248.